The molecule has 0 saturated carbocycles. The van der Waals surface area contributed by atoms with Gasteiger partial charge in [0.15, 0.2) is 5.13 Å². The number of tetrazole rings is 1. The van der Waals surface area contributed by atoms with Crippen LogP contribution in [-0.2, 0) is 40.0 Å². The lowest BCUT2D eigenvalue weighted by atomic mass is 9.89. The number of thioether (sulfide) groups is 2. The number of nitrogens with zero attached hydrogens (tertiary/aromatic N) is 8. The zero-order valence-corrected chi connectivity index (χ0v) is 29.0. The molecule has 2 saturated heterocycles. The van der Waals surface area contributed by atoms with Crippen molar-refractivity contribution in [1.29, 1.82) is 0 Å². The van der Waals surface area contributed by atoms with E-state index in [4.69, 9.17) is 25.8 Å². The number of nitrogens with two attached hydrogens (primary N) is 2. The molecular formula is C24H36ClN11O8S3. The first-order valence-electron chi connectivity index (χ1n) is 14.0. The Morgan fingerprint density at radius 1 is 1.28 bits per heavy atom. The summed E-state index contributed by atoms with van der Waals surface area (Å²) in [5.74, 6) is -2.20. The van der Waals surface area contributed by atoms with Gasteiger partial charge in [0.1, 0.15) is 23.4 Å². The largest absolute Gasteiger partial charge is 0.427 e. The van der Waals surface area contributed by atoms with E-state index in [1.165, 1.54) is 21.3 Å². The first-order chi connectivity index (χ1) is 21.9. The first kappa shape index (κ1) is 38.1. The van der Waals surface area contributed by atoms with E-state index in [9.17, 15) is 24.3 Å². The zero-order valence-electron chi connectivity index (χ0n) is 25.7. The predicted molar refractivity (Wildman–Crippen MR) is 172 cm³/mol. The number of aromatic nitrogens is 6. The Labute approximate surface area is 287 Å². The molecule has 0 spiro atoms. The number of amides is 2. The van der Waals surface area contributed by atoms with Gasteiger partial charge in [0.2, 0.25) is 29.4 Å². The number of hydrogen-bond acceptors (Lipinski definition) is 19. The maximum Gasteiger partial charge on any atom is 0.318 e. The monoisotopic (exact) mass is 737 g/mol. The number of oxime groups is 1. The van der Waals surface area contributed by atoms with Crippen LogP contribution in [0.5, 0.6) is 0 Å². The van der Waals surface area contributed by atoms with Gasteiger partial charge in [-0.3, -0.25) is 19.2 Å². The van der Waals surface area contributed by atoms with Crippen LogP contribution in [0.15, 0.2) is 10.3 Å². The van der Waals surface area contributed by atoms with Crippen molar-refractivity contribution in [2.24, 2.45) is 21.7 Å². The number of carbonyl (C=O) groups is 4. The molecule has 0 bridgehead atoms. The molecule has 3 atom stereocenters. The number of anilines is 1. The molecule has 2 amide bonds. The van der Waals surface area contributed by atoms with Crippen molar-refractivity contribution in [2.75, 3.05) is 50.3 Å². The van der Waals surface area contributed by atoms with Gasteiger partial charge in [-0.15, -0.1) is 29.3 Å². The lowest BCUT2D eigenvalue weighted by molar-refractivity contribution is -0.180. The number of aliphatic hydroxyl groups is 1. The number of nitrogens with one attached hydrogen (secondary N) is 1. The van der Waals surface area contributed by atoms with Crippen LogP contribution in [0.1, 0.15) is 33.0 Å². The van der Waals surface area contributed by atoms with Crippen molar-refractivity contribution < 1.29 is 38.6 Å². The highest BCUT2D eigenvalue weighted by atomic mass is 35.5. The molecule has 0 aliphatic carbocycles. The van der Waals surface area contributed by atoms with E-state index in [-0.39, 0.29) is 66.9 Å². The van der Waals surface area contributed by atoms with E-state index < -0.39 is 52.8 Å². The van der Waals surface area contributed by atoms with Crippen molar-refractivity contribution >= 4 is 82.1 Å². The average molecular weight is 738 g/mol. The zero-order chi connectivity index (χ0) is 33.5. The number of nitrogen functional groups attached to an aromatic ring is 1. The van der Waals surface area contributed by atoms with Crippen LogP contribution in [0.4, 0.5) is 5.13 Å². The Bertz CT molecular complexity index is 1460. The molecule has 47 heavy (non-hydrogen) atoms. The number of hydrogen-bond donors (Lipinski definition) is 4. The second kappa shape index (κ2) is 16.7. The molecule has 2 fully saturated rings. The fourth-order valence-corrected chi connectivity index (χ4v) is 7.31. The van der Waals surface area contributed by atoms with Crippen molar-refractivity contribution in [3.05, 3.63) is 5.82 Å². The molecule has 4 rings (SSSR count). The number of β-lactam (4-membered cyclic amide) rings is 1. The molecule has 2 unspecified atom stereocenters. The summed E-state index contributed by atoms with van der Waals surface area (Å²) >= 11 is 3.29. The SMILES string of the molecule is CC(C)(C)C(=O)OCOC(=O)C1(CSc2nnnn2CCO)CS[C@@H]2C(NC(=O)C(=NOCCCN)c3nsc(N)n3)C(=O)N2C1.Cl. The molecule has 0 aromatic carbocycles. The molecule has 2 aromatic rings. The summed E-state index contributed by atoms with van der Waals surface area (Å²) < 4.78 is 15.9. The van der Waals surface area contributed by atoms with Crippen molar-refractivity contribution in [3.63, 3.8) is 0 Å². The molecule has 0 radical (unpaired) electrons. The second-order valence-corrected chi connectivity index (χ2v) is 14.0. The summed E-state index contributed by atoms with van der Waals surface area (Å²) in [4.78, 5) is 63.0. The number of rotatable bonds is 15. The maximum atomic E-state index is 13.6. The van der Waals surface area contributed by atoms with Crippen LogP contribution < -0.4 is 16.8 Å². The normalized spacial score (nSPS) is 20.8. The van der Waals surface area contributed by atoms with Gasteiger partial charge < -0.3 is 41.1 Å². The summed E-state index contributed by atoms with van der Waals surface area (Å²) in [5, 5.41) is 27.2. The number of aliphatic hydroxyl groups excluding tert-OH is 1. The van der Waals surface area contributed by atoms with Gasteiger partial charge in [0.05, 0.1) is 18.6 Å². The van der Waals surface area contributed by atoms with E-state index in [1.54, 1.807) is 20.8 Å². The van der Waals surface area contributed by atoms with Crippen LogP contribution >= 0.6 is 47.5 Å². The Kier molecular flexibility index (Phi) is 13.5. The van der Waals surface area contributed by atoms with Gasteiger partial charge in [-0.2, -0.15) is 9.36 Å². The number of ether oxygens (including phenoxy) is 2. The van der Waals surface area contributed by atoms with E-state index >= 15 is 0 Å². The number of fused-ring (bicyclic) bond motifs is 1. The molecule has 2 aliphatic heterocycles. The van der Waals surface area contributed by atoms with E-state index in [1.807, 2.05) is 0 Å². The molecule has 2 aromatic heterocycles. The van der Waals surface area contributed by atoms with Crippen molar-refractivity contribution in [3.8, 4) is 0 Å². The van der Waals surface area contributed by atoms with E-state index in [2.05, 4.69) is 35.4 Å². The standard InChI is InChI=1S/C24H35N11O8S3.ClH/c1-23(2,3)19(39)41-12-42-20(40)24(11-45-22-29-32-33-35(22)6-7-36)9-34-17(38)14(18(34)44-10-24)27-16(37)13(30-43-8-4-5-25)15-28-21(26)46-31-15;/h14,18,36H,4-12,25H2,1-3H3,(H,27,37)(H2,26,28,31);1H/t14?,18-,24?;/m1./s1. The highest BCUT2D eigenvalue weighted by molar-refractivity contribution is 8.00. The minimum absolute atomic E-state index is 0. The van der Waals surface area contributed by atoms with Gasteiger partial charge in [-0.05, 0) is 44.2 Å². The highest BCUT2D eigenvalue weighted by Crippen LogP contribution is 2.45. The van der Waals surface area contributed by atoms with Gasteiger partial charge >= 0.3 is 11.9 Å². The Hall–Kier alpha value is -3.31. The molecule has 4 heterocycles. The van der Waals surface area contributed by atoms with Gasteiger partial charge in [0.25, 0.3) is 5.91 Å². The summed E-state index contributed by atoms with van der Waals surface area (Å²) in [7, 11) is 0. The number of carbonyl (C=O) groups excluding carboxylic acids is 4. The number of esters is 2. The molecule has 23 heteroatoms. The van der Waals surface area contributed by atoms with Gasteiger partial charge in [-0.1, -0.05) is 16.9 Å². The smallest absolute Gasteiger partial charge is 0.318 e. The second-order valence-electron chi connectivity index (χ2n) is 11.2. The van der Waals surface area contributed by atoms with Crippen LogP contribution in [0.2, 0.25) is 0 Å². The Morgan fingerprint density at radius 2 is 2.04 bits per heavy atom. The number of halogens is 1. The summed E-state index contributed by atoms with van der Waals surface area (Å²) in [6, 6.07) is -0.936. The fraction of sp³-hybridized carbons (Fsp3) is 0.667. The van der Waals surface area contributed by atoms with E-state index in [0.717, 1.165) is 23.3 Å². The van der Waals surface area contributed by atoms with E-state index in [0.29, 0.717) is 18.1 Å². The lowest BCUT2D eigenvalue weighted by Crippen LogP contribution is -2.74. The third kappa shape index (κ3) is 9.19. The van der Waals surface area contributed by atoms with Crippen molar-refractivity contribution in [1.82, 2.24) is 39.8 Å². The summed E-state index contributed by atoms with van der Waals surface area (Å²) in [6.45, 7) is 4.81. The highest BCUT2D eigenvalue weighted by Gasteiger charge is 2.58. The Morgan fingerprint density at radius 3 is 2.70 bits per heavy atom. The first-order valence-corrected chi connectivity index (χ1v) is 16.8. The third-order valence-corrected chi connectivity index (χ3v) is 9.99. The summed E-state index contributed by atoms with van der Waals surface area (Å²) in [6.07, 6.45) is 0.498. The fourth-order valence-electron chi connectivity index (χ4n) is 4.12. The lowest BCUT2D eigenvalue weighted by Gasteiger charge is -2.54. The quantitative estimate of drug-likeness (QED) is 0.0320. The van der Waals surface area contributed by atoms with Crippen LogP contribution in [-0.4, -0.2) is 125 Å². The topological polar surface area (TPSA) is 265 Å². The average Bonchev–Trinajstić information content (AvgIpc) is 3.66. The van der Waals surface area contributed by atoms with Gasteiger partial charge in [0, 0.05) is 29.6 Å². The minimum atomic E-state index is -1.26. The van der Waals surface area contributed by atoms with Crippen LogP contribution in [0.3, 0.4) is 0 Å². The van der Waals surface area contributed by atoms with Crippen LogP contribution in [0, 0.1) is 10.8 Å². The maximum absolute atomic E-state index is 13.6. The predicted octanol–water partition coefficient (Wildman–Crippen LogP) is -1.14. The molecule has 6 N–H and O–H groups in total. The molecule has 260 valence electrons. The Balaban J connectivity index is 0.00000600. The summed E-state index contributed by atoms with van der Waals surface area (Å²) in [5.41, 5.74) is 8.85. The molecule has 2 aliphatic rings. The third-order valence-electron chi connectivity index (χ3n) is 6.61. The van der Waals surface area contributed by atoms with Crippen molar-refractivity contribution in [2.45, 2.75) is 50.3 Å². The minimum Gasteiger partial charge on any atom is -0.427 e. The molecule has 19 nitrogen and oxygen atoms in total. The van der Waals surface area contributed by atoms with Gasteiger partial charge in [-0.25, -0.2) is 4.68 Å². The molecular weight excluding hydrogens is 702 g/mol. The van der Waals surface area contributed by atoms with Crippen LogP contribution in [0.25, 0.3) is 0 Å².